The van der Waals surface area contributed by atoms with E-state index in [-0.39, 0.29) is 5.69 Å². The molecule has 98 valence electrons. The van der Waals surface area contributed by atoms with Crippen molar-refractivity contribution >= 4 is 17.6 Å². The lowest BCUT2D eigenvalue weighted by molar-refractivity contribution is -0.152. The first kappa shape index (κ1) is 14.1. The van der Waals surface area contributed by atoms with Gasteiger partial charge in [-0.1, -0.05) is 0 Å². The SMILES string of the molecule is CN(C(=O)C(C)(C)C(=O)O)c1cc(F)ccc1F. The molecule has 0 aromatic heterocycles. The van der Waals surface area contributed by atoms with Gasteiger partial charge in [0.25, 0.3) is 0 Å². The first-order valence-electron chi connectivity index (χ1n) is 5.14. The quantitative estimate of drug-likeness (QED) is 0.843. The summed E-state index contributed by atoms with van der Waals surface area (Å²) in [5, 5.41) is 8.92. The summed E-state index contributed by atoms with van der Waals surface area (Å²) >= 11 is 0. The Morgan fingerprint density at radius 3 is 2.33 bits per heavy atom. The molecule has 1 aromatic carbocycles. The van der Waals surface area contributed by atoms with Gasteiger partial charge in [-0.2, -0.15) is 0 Å². The van der Waals surface area contributed by atoms with Gasteiger partial charge >= 0.3 is 5.97 Å². The van der Waals surface area contributed by atoms with E-state index in [4.69, 9.17) is 5.11 Å². The predicted octanol–water partition coefficient (Wildman–Crippen LogP) is 2.04. The molecule has 0 radical (unpaired) electrons. The van der Waals surface area contributed by atoms with E-state index in [0.29, 0.717) is 0 Å². The predicted molar refractivity (Wildman–Crippen MR) is 61.2 cm³/mol. The minimum atomic E-state index is -1.71. The van der Waals surface area contributed by atoms with E-state index in [1.165, 1.54) is 20.9 Å². The van der Waals surface area contributed by atoms with Gasteiger partial charge < -0.3 is 10.0 Å². The smallest absolute Gasteiger partial charge is 0.318 e. The van der Waals surface area contributed by atoms with Crippen molar-refractivity contribution in [2.24, 2.45) is 5.41 Å². The van der Waals surface area contributed by atoms with Gasteiger partial charge in [0, 0.05) is 13.1 Å². The third-order valence-corrected chi connectivity index (χ3v) is 2.64. The molecule has 0 aliphatic carbocycles. The van der Waals surface area contributed by atoms with Crippen LogP contribution in [0.25, 0.3) is 0 Å². The van der Waals surface area contributed by atoms with Crippen LogP contribution in [0.2, 0.25) is 0 Å². The van der Waals surface area contributed by atoms with E-state index >= 15 is 0 Å². The number of benzene rings is 1. The van der Waals surface area contributed by atoms with Crippen LogP contribution in [0.1, 0.15) is 13.8 Å². The zero-order valence-electron chi connectivity index (χ0n) is 10.2. The fourth-order valence-electron chi connectivity index (χ4n) is 1.36. The number of hydrogen-bond donors (Lipinski definition) is 1. The van der Waals surface area contributed by atoms with Crippen molar-refractivity contribution < 1.29 is 23.5 Å². The Labute approximate surface area is 103 Å². The van der Waals surface area contributed by atoms with Crippen molar-refractivity contribution in [2.75, 3.05) is 11.9 Å². The molecule has 0 bridgehead atoms. The second kappa shape index (κ2) is 4.72. The summed E-state index contributed by atoms with van der Waals surface area (Å²) in [4.78, 5) is 23.7. The lowest BCUT2D eigenvalue weighted by atomic mass is 9.92. The Kier molecular flexibility index (Phi) is 3.69. The monoisotopic (exact) mass is 257 g/mol. The van der Waals surface area contributed by atoms with Gasteiger partial charge in [0.1, 0.15) is 17.0 Å². The van der Waals surface area contributed by atoms with Crippen LogP contribution in [0.5, 0.6) is 0 Å². The van der Waals surface area contributed by atoms with Crippen molar-refractivity contribution in [1.82, 2.24) is 0 Å². The van der Waals surface area contributed by atoms with Crippen LogP contribution < -0.4 is 4.90 Å². The van der Waals surface area contributed by atoms with Gasteiger partial charge in [-0.3, -0.25) is 9.59 Å². The number of carbonyl (C=O) groups is 2. The fourth-order valence-corrected chi connectivity index (χ4v) is 1.36. The van der Waals surface area contributed by atoms with Crippen LogP contribution in [0.3, 0.4) is 0 Å². The molecule has 0 saturated carbocycles. The van der Waals surface area contributed by atoms with Crippen LogP contribution in [-0.2, 0) is 9.59 Å². The number of anilines is 1. The summed E-state index contributed by atoms with van der Waals surface area (Å²) in [6.45, 7) is 2.40. The molecule has 0 aliphatic rings. The second-order valence-electron chi connectivity index (χ2n) is 4.39. The van der Waals surface area contributed by atoms with Crippen molar-refractivity contribution in [3.63, 3.8) is 0 Å². The maximum absolute atomic E-state index is 13.5. The minimum Gasteiger partial charge on any atom is -0.480 e. The maximum atomic E-state index is 13.5. The zero-order valence-corrected chi connectivity index (χ0v) is 10.2. The van der Waals surface area contributed by atoms with Gasteiger partial charge in [-0.05, 0) is 26.0 Å². The molecule has 18 heavy (non-hydrogen) atoms. The highest BCUT2D eigenvalue weighted by molar-refractivity contribution is 6.08. The molecule has 0 aliphatic heterocycles. The van der Waals surface area contributed by atoms with E-state index in [0.717, 1.165) is 23.1 Å². The van der Waals surface area contributed by atoms with Crippen molar-refractivity contribution in [3.05, 3.63) is 29.8 Å². The Morgan fingerprint density at radius 2 is 1.83 bits per heavy atom. The third kappa shape index (κ3) is 2.47. The van der Waals surface area contributed by atoms with Crippen molar-refractivity contribution in [2.45, 2.75) is 13.8 Å². The third-order valence-electron chi connectivity index (χ3n) is 2.64. The van der Waals surface area contributed by atoms with Crippen LogP contribution in [0.4, 0.5) is 14.5 Å². The van der Waals surface area contributed by atoms with Gasteiger partial charge in [0.15, 0.2) is 0 Å². The van der Waals surface area contributed by atoms with Gasteiger partial charge in [-0.25, -0.2) is 8.78 Å². The molecule has 0 spiro atoms. The van der Waals surface area contributed by atoms with E-state index in [1.54, 1.807) is 0 Å². The molecule has 0 saturated heterocycles. The molecule has 0 fully saturated rings. The summed E-state index contributed by atoms with van der Waals surface area (Å²) in [6, 6.07) is 2.63. The van der Waals surface area contributed by atoms with E-state index in [1.807, 2.05) is 0 Å². The van der Waals surface area contributed by atoms with Crippen LogP contribution in [-0.4, -0.2) is 24.0 Å². The lowest BCUT2D eigenvalue weighted by Gasteiger charge is -2.26. The molecule has 1 amide bonds. The Bertz CT molecular complexity index is 500. The van der Waals surface area contributed by atoms with Crippen LogP contribution in [0, 0.1) is 17.0 Å². The van der Waals surface area contributed by atoms with Crippen molar-refractivity contribution in [1.29, 1.82) is 0 Å². The highest BCUT2D eigenvalue weighted by Gasteiger charge is 2.39. The normalized spacial score (nSPS) is 11.2. The first-order chi connectivity index (χ1) is 8.17. The summed E-state index contributed by atoms with van der Waals surface area (Å²) < 4.78 is 26.5. The van der Waals surface area contributed by atoms with Gasteiger partial charge in [-0.15, -0.1) is 0 Å². The molecule has 0 heterocycles. The maximum Gasteiger partial charge on any atom is 0.318 e. The standard InChI is InChI=1S/C12H13F2NO3/c1-12(2,11(17)18)10(16)15(3)9-6-7(13)4-5-8(9)14/h4-6H,1-3H3,(H,17,18). The van der Waals surface area contributed by atoms with E-state index < -0.39 is 28.9 Å². The minimum absolute atomic E-state index is 0.297. The molecule has 4 nitrogen and oxygen atoms in total. The van der Waals surface area contributed by atoms with Gasteiger partial charge in [0.05, 0.1) is 5.69 Å². The lowest BCUT2D eigenvalue weighted by Crippen LogP contribution is -2.43. The molecule has 1 aromatic rings. The van der Waals surface area contributed by atoms with Gasteiger partial charge in [0.2, 0.25) is 5.91 Å². The molecule has 0 atom stereocenters. The average molecular weight is 257 g/mol. The number of carbonyl (C=O) groups excluding carboxylic acids is 1. The average Bonchev–Trinajstić information content (AvgIpc) is 2.30. The van der Waals surface area contributed by atoms with E-state index in [2.05, 4.69) is 0 Å². The Hall–Kier alpha value is -1.98. The Morgan fingerprint density at radius 1 is 1.28 bits per heavy atom. The molecule has 1 N–H and O–H groups in total. The number of nitrogens with zero attached hydrogens (tertiary/aromatic N) is 1. The summed E-state index contributed by atoms with van der Waals surface area (Å²) in [5.41, 5.74) is -2.01. The largest absolute Gasteiger partial charge is 0.480 e. The molecular formula is C12H13F2NO3. The number of hydrogen-bond acceptors (Lipinski definition) is 2. The molecule has 6 heteroatoms. The summed E-state index contributed by atoms with van der Waals surface area (Å²) in [5.74, 6) is -3.68. The molecule has 1 rings (SSSR count). The topological polar surface area (TPSA) is 57.6 Å². The first-order valence-corrected chi connectivity index (χ1v) is 5.14. The number of rotatable bonds is 3. The Balaban J connectivity index is 3.15. The number of carboxylic acid groups (broad SMARTS) is 1. The zero-order chi connectivity index (χ0) is 14.1. The highest BCUT2D eigenvalue weighted by atomic mass is 19.1. The number of amides is 1. The van der Waals surface area contributed by atoms with Crippen molar-refractivity contribution in [3.8, 4) is 0 Å². The van der Waals surface area contributed by atoms with E-state index in [9.17, 15) is 18.4 Å². The van der Waals surface area contributed by atoms with Crippen LogP contribution >= 0.6 is 0 Å². The number of carboxylic acids is 1. The second-order valence-corrected chi connectivity index (χ2v) is 4.39. The number of halogens is 2. The number of aliphatic carboxylic acids is 1. The molecule has 0 unspecified atom stereocenters. The summed E-state index contributed by atoms with van der Waals surface area (Å²) in [6.07, 6.45) is 0. The highest BCUT2D eigenvalue weighted by Crippen LogP contribution is 2.25. The summed E-state index contributed by atoms with van der Waals surface area (Å²) in [7, 11) is 1.20. The fraction of sp³-hybridized carbons (Fsp3) is 0.333. The molecular weight excluding hydrogens is 244 g/mol. The van der Waals surface area contributed by atoms with Crippen LogP contribution in [0.15, 0.2) is 18.2 Å².